The van der Waals surface area contributed by atoms with Crippen molar-refractivity contribution in [3.8, 4) is 6.07 Å². The number of aromatic nitrogens is 4. The molecule has 0 bridgehead atoms. The number of nitriles is 1. The van der Waals surface area contributed by atoms with Gasteiger partial charge in [0.25, 0.3) is 10.0 Å². The number of pyridine rings is 1. The maximum atomic E-state index is 13.3. The number of rotatable bonds is 7. The molecule has 3 heterocycles. The lowest BCUT2D eigenvalue weighted by Crippen LogP contribution is -2.25. The van der Waals surface area contributed by atoms with E-state index in [0.29, 0.717) is 23.0 Å². The molecule has 4 aromatic rings. The van der Waals surface area contributed by atoms with Crippen LogP contribution in [-0.4, -0.2) is 51.3 Å². The Morgan fingerprint density at radius 1 is 1.15 bits per heavy atom. The van der Waals surface area contributed by atoms with E-state index in [9.17, 15) is 13.5 Å². The number of aliphatic hydroxyl groups is 1. The first kappa shape index (κ1) is 22.5. The highest BCUT2D eigenvalue weighted by molar-refractivity contribution is 7.90. The third-order valence-electron chi connectivity index (χ3n) is 6.43. The van der Waals surface area contributed by atoms with Gasteiger partial charge in [0, 0.05) is 24.0 Å². The molecular weight excluding hydrogens is 454 g/mol. The van der Waals surface area contributed by atoms with Crippen molar-refractivity contribution in [2.45, 2.75) is 49.1 Å². The van der Waals surface area contributed by atoms with Crippen LogP contribution >= 0.6 is 0 Å². The second-order valence-corrected chi connectivity index (χ2v) is 10.2. The van der Waals surface area contributed by atoms with Crippen LogP contribution in [0.5, 0.6) is 0 Å². The minimum Gasteiger partial charge on any atom is -0.396 e. The molecule has 10 heteroatoms. The van der Waals surface area contributed by atoms with Crippen LogP contribution in [0.1, 0.15) is 37.5 Å². The molecule has 9 nitrogen and oxygen atoms in total. The summed E-state index contributed by atoms with van der Waals surface area (Å²) in [6.07, 6.45) is 6.92. The van der Waals surface area contributed by atoms with Gasteiger partial charge in [-0.05, 0) is 43.9 Å². The van der Waals surface area contributed by atoms with Gasteiger partial charge in [0.15, 0.2) is 5.65 Å². The van der Waals surface area contributed by atoms with Crippen LogP contribution in [0.3, 0.4) is 0 Å². The summed E-state index contributed by atoms with van der Waals surface area (Å²) in [5.74, 6) is 0.756. The number of benzene rings is 1. The predicted octanol–water partition coefficient (Wildman–Crippen LogP) is 3.18. The van der Waals surface area contributed by atoms with Crippen LogP contribution in [0.15, 0.2) is 53.7 Å². The number of aliphatic hydroxyl groups excluding tert-OH is 1. The van der Waals surface area contributed by atoms with Gasteiger partial charge in [-0.3, -0.25) is 0 Å². The van der Waals surface area contributed by atoms with Gasteiger partial charge in [-0.2, -0.15) is 5.26 Å². The number of ether oxygens (including phenoxy) is 1. The molecule has 0 unspecified atom stereocenters. The second-order valence-electron chi connectivity index (χ2n) is 8.43. The van der Waals surface area contributed by atoms with Gasteiger partial charge in [-0.25, -0.2) is 22.4 Å². The minimum atomic E-state index is -3.81. The Balaban J connectivity index is 1.61. The SMILES string of the molecule is N#CCOC1CCC(n2c(CCO)nc3cnc4c(ccn4S(=O)(=O)c4ccccc4)c32)CC1. The maximum Gasteiger partial charge on any atom is 0.269 e. The zero-order valence-electron chi connectivity index (χ0n) is 18.5. The molecule has 1 fully saturated rings. The summed E-state index contributed by atoms with van der Waals surface area (Å²) in [7, 11) is -3.81. The fraction of sp³-hybridized carbons (Fsp3) is 0.375. The maximum absolute atomic E-state index is 13.3. The van der Waals surface area contributed by atoms with Crippen LogP contribution in [0, 0.1) is 11.3 Å². The lowest BCUT2D eigenvalue weighted by Gasteiger charge is -2.30. The van der Waals surface area contributed by atoms with Crippen LogP contribution in [0.25, 0.3) is 22.1 Å². The Bertz CT molecular complexity index is 1460. The first-order valence-electron chi connectivity index (χ1n) is 11.3. The summed E-state index contributed by atoms with van der Waals surface area (Å²) in [4.78, 5) is 9.39. The number of imidazole rings is 1. The average Bonchev–Trinajstić information content (AvgIpc) is 3.45. The standard InChI is InChI=1S/C24H25N5O4S/c25-12-15-33-18-8-6-17(7-9-18)29-22(11-14-30)27-21-16-26-24-20(23(21)29)10-13-28(24)34(31,32)19-4-2-1-3-5-19/h1-5,10,13,16-18,30H,6-9,11,14-15H2. The molecule has 176 valence electrons. The quantitative estimate of drug-likeness (QED) is 0.432. The highest BCUT2D eigenvalue weighted by Gasteiger charge is 2.28. The number of hydrogen-bond donors (Lipinski definition) is 1. The Labute approximate surface area is 197 Å². The predicted molar refractivity (Wildman–Crippen MR) is 126 cm³/mol. The fourth-order valence-electron chi connectivity index (χ4n) is 4.89. The number of nitrogens with zero attached hydrogens (tertiary/aromatic N) is 5. The van der Waals surface area contributed by atoms with E-state index in [1.54, 1.807) is 42.6 Å². The molecule has 34 heavy (non-hydrogen) atoms. The van der Waals surface area contributed by atoms with Crippen LogP contribution < -0.4 is 0 Å². The van der Waals surface area contributed by atoms with Crippen molar-refractivity contribution in [2.75, 3.05) is 13.2 Å². The van der Waals surface area contributed by atoms with Gasteiger partial charge in [0.05, 0.1) is 35.4 Å². The summed E-state index contributed by atoms with van der Waals surface area (Å²) in [5, 5.41) is 19.1. The molecule has 0 radical (unpaired) electrons. The Hall–Kier alpha value is -3.26. The van der Waals surface area contributed by atoms with Crippen molar-refractivity contribution in [3.05, 3.63) is 54.6 Å². The monoisotopic (exact) mass is 479 g/mol. The smallest absolute Gasteiger partial charge is 0.269 e. The van der Waals surface area contributed by atoms with Crippen molar-refractivity contribution in [3.63, 3.8) is 0 Å². The van der Waals surface area contributed by atoms with Gasteiger partial charge >= 0.3 is 0 Å². The minimum absolute atomic E-state index is 0.0378. The van der Waals surface area contributed by atoms with Crippen LogP contribution in [0.2, 0.25) is 0 Å². The van der Waals surface area contributed by atoms with Gasteiger partial charge in [-0.15, -0.1) is 0 Å². The molecule has 0 aliphatic heterocycles. The van der Waals surface area contributed by atoms with E-state index in [1.165, 1.54) is 10.2 Å². The molecule has 1 N–H and O–H groups in total. The molecular formula is C24H25N5O4S. The summed E-state index contributed by atoms with van der Waals surface area (Å²) in [6.45, 7) is 0.0543. The van der Waals surface area contributed by atoms with Crippen LogP contribution in [-0.2, 0) is 21.2 Å². The number of hydrogen-bond acceptors (Lipinski definition) is 7. The van der Waals surface area contributed by atoms with Crippen molar-refractivity contribution < 1.29 is 18.3 Å². The van der Waals surface area contributed by atoms with E-state index in [4.69, 9.17) is 15.0 Å². The zero-order chi connectivity index (χ0) is 23.7. The Kier molecular flexibility index (Phi) is 6.08. The molecule has 0 amide bonds. The van der Waals surface area contributed by atoms with Gasteiger partial charge in [0.2, 0.25) is 0 Å². The summed E-state index contributed by atoms with van der Waals surface area (Å²) in [5.41, 5.74) is 1.85. The van der Waals surface area contributed by atoms with Gasteiger partial charge in [0.1, 0.15) is 17.9 Å². The molecule has 1 aliphatic carbocycles. The van der Waals surface area contributed by atoms with E-state index in [2.05, 4.69) is 9.55 Å². The van der Waals surface area contributed by atoms with E-state index < -0.39 is 10.0 Å². The first-order valence-corrected chi connectivity index (χ1v) is 12.8. The van der Waals surface area contributed by atoms with Gasteiger partial charge in [-0.1, -0.05) is 18.2 Å². The average molecular weight is 480 g/mol. The molecule has 3 aromatic heterocycles. The molecule has 0 atom stereocenters. The third kappa shape index (κ3) is 3.86. The largest absolute Gasteiger partial charge is 0.396 e. The summed E-state index contributed by atoms with van der Waals surface area (Å²) < 4.78 is 35.6. The third-order valence-corrected chi connectivity index (χ3v) is 8.11. The molecule has 5 rings (SSSR count). The van der Waals surface area contributed by atoms with E-state index in [-0.39, 0.29) is 30.3 Å². The van der Waals surface area contributed by atoms with Crippen LogP contribution in [0.4, 0.5) is 0 Å². The van der Waals surface area contributed by atoms with E-state index in [0.717, 1.165) is 37.0 Å². The Morgan fingerprint density at radius 2 is 1.91 bits per heavy atom. The molecule has 1 saturated carbocycles. The first-order chi connectivity index (χ1) is 16.5. The summed E-state index contributed by atoms with van der Waals surface area (Å²) >= 11 is 0. The van der Waals surface area contributed by atoms with Gasteiger partial charge < -0.3 is 14.4 Å². The topological polar surface area (TPSA) is 123 Å². The van der Waals surface area contributed by atoms with Crippen molar-refractivity contribution in [2.24, 2.45) is 0 Å². The highest BCUT2D eigenvalue weighted by atomic mass is 32.2. The zero-order valence-corrected chi connectivity index (χ0v) is 19.4. The highest BCUT2D eigenvalue weighted by Crippen LogP contribution is 2.36. The Morgan fingerprint density at radius 3 is 2.62 bits per heavy atom. The molecule has 0 spiro atoms. The normalized spacial score (nSPS) is 18.9. The fourth-order valence-corrected chi connectivity index (χ4v) is 6.21. The van der Waals surface area contributed by atoms with Crippen molar-refractivity contribution in [1.29, 1.82) is 5.26 Å². The lowest BCUT2D eigenvalue weighted by atomic mass is 9.92. The second kappa shape index (κ2) is 9.18. The molecule has 1 aromatic carbocycles. The van der Waals surface area contributed by atoms with E-state index >= 15 is 0 Å². The van der Waals surface area contributed by atoms with E-state index in [1.807, 2.05) is 6.07 Å². The molecule has 0 saturated heterocycles. The number of fused-ring (bicyclic) bond motifs is 3. The molecule has 1 aliphatic rings. The van der Waals surface area contributed by atoms with Crippen molar-refractivity contribution in [1.82, 2.24) is 18.5 Å². The van der Waals surface area contributed by atoms with Crippen molar-refractivity contribution >= 4 is 32.1 Å². The summed E-state index contributed by atoms with van der Waals surface area (Å²) in [6, 6.07) is 12.2. The lowest BCUT2D eigenvalue weighted by molar-refractivity contribution is 0.0384.